The quantitative estimate of drug-likeness (QED) is 0.238. The molecule has 4 aromatic rings. The van der Waals surface area contributed by atoms with Crippen LogP contribution in [0.4, 0.5) is 0 Å². The van der Waals surface area contributed by atoms with Gasteiger partial charge in [-0.1, -0.05) is 53.2 Å². The molecular formula is C27H19ClN2O2S. The zero-order valence-electron chi connectivity index (χ0n) is 18.0. The highest BCUT2D eigenvalue weighted by molar-refractivity contribution is 7.99. The van der Waals surface area contributed by atoms with Gasteiger partial charge in [0, 0.05) is 26.4 Å². The Morgan fingerprint density at radius 3 is 2.52 bits per heavy atom. The summed E-state index contributed by atoms with van der Waals surface area (Å²) in [5, 5.41) is 2.44. The first-order valence-corrected chi connectivity index (χ1v) is 11.6. The molecule has 33 heavy (non-hydrogen) atoms. The standard InChI is InChI=1S/C27H19ClN2O2S/c1-16-4-3-5-19(12-16)25-29-24(27(31)32-25)15-20-14-18-7-6-17(2)13-23(18)30-26(20)33-22-10-8-21(28)9-11-22/h3-15H,1-2H3/b24-15+. The van der Waals surface area contributed by atoms with Gasteiger partial charge in [-0.25, -0.2) is 14.8 Å². The van der Waals surface area contributed by atoms with Crippen molar-refractivity contribution in [2.45, 2.75) is 23.8 Å². The second-order valence-corrected chi connectivity index (χ2v) is 9.34. The molecule has 4 nitrogen and oxygen atoms in total. The fraction of sp³-hybridized carbons (Fsp3) is 0.0741. The second-order valence-electron chi connectivity index (χ2n) is 7.84. The van der Waals surface area contributed by atoms with E-state index in [1.54, 1.807) is 6.08 Å². The van der Waals surface area contributed by atoms with Crippen LogP contribution < -0.4 is 0 Å². The van der Waals surface area contributed by atoms with Crippen LogP contribution in [0.25, 0.3) is 17.0 Å². The van der Waals surface area contributed by atoms with Crippen molar-refractivity contribution < 1.29 is 9.53 Å². The van der Waals surface area contributed by atoms with E-state index in [4.69, 9.17) is 21.3 Å². The van der Waals surface area contributed by atoms with Crippen LogP contribution in [0, 0.1) is 13.8 Å². The maximum absolute atomic E-state index is 12.6. The molecule has 0 aliphatic carbocycles. The summed E-state index contributed by atoms with van der Waals surface area (Å²) in [6.45, 7) is 4.03. The highest BCUT2D eigenvalue weighted by Crippen LogP contribution is 2.34. The number of hydrogen-bond donors (Lipinski definition) is 0. The maximum atomic E-state index is 12.6. The molecule has 0 bridgehead atoms. The van der Waals surface area contributed by atoms with Gasteiger partial charge in [0.05, 0.1) is 5.52 Å². The number of carbonyl (C=O) groups excluding carboxylic acids is 1. The van der Waals surface area contributed by atoms with Crippen LogP contribution in [0.3, 0.4) is 0 Å². The summed E-state index contributed by atoms with van der Waals surface area (Å²) in [7, 11) is 0. The van der Waals surface area contributed by atoms with Gasteiger partial charge in [-0.2, -0.15) is 0 Å². The number of aryl methyl sites for hydroxylation is 2. The number of esters is 1. The van der Waals surface area contributed by atoms with Crippen molar-refractivity contribution in [1.29, 1.82) is 0 Å². The van der Waals surface area contributed by atoms with E-state index in [9.17, 15) is 4.79 Å². The number of fused-ring (bicyclic) bond motifs is 1. The van der Waals surface area contributed by atoms with E-state index in [2.05, 4.69) is 11.1 Å². The van der Waals surface area contributed by atoms with Gasteiger partial charge in [0.1, 0.15) is 5.03 Å². The molecule has 5 rings (SSSR count). The van der Waals surface area contributed by atoms with Crippen molar-refractivity contribution in [1.82, 2.24) is 4.98 Å². The molecule has 0 fully saturated rings. The Bertz CT molecular complexity index is 1460. The summed E-state index contributed by atoms with van der Waals surface area (Å²) < 4.78 is 5.46. The minimum Gasteiger partial charge on any atom is -0.402 e. The normalized spacial score (nSPS) is 14.6. The van der Waals surface area contributed by atoms with Crippen LogP contribution in [-0.2, 0) is 9.53 Å². The maximum Gasteiger partial charge on any atom is 0.363 e. The number of carbonyl (C=O) groups is 1. The predicted molar refractivity (Wildman–Crippen MR) is 134 cm³/mol. The molecule has 3 aromatic carbocycles. The number of cyclic esters (lactones) is 1. The molecule has 2 heterocycles. The molecule has 0 radical (unpaired) electrons. The lowest BCUT2D eigenvalue weighted by atomic mass is 10.1. The fourth-order valence-corrected chi connectivity index (χ4v) is 4.53. The highest BCUT2D eigenvalue weighted by Gasteiger charge is 2.25. The van der Waals surface area contributed by atoms with Gasteiger partial charge >= 0.3 is 5.97 Å². The summed E-state index contributed by atoms with van der Waals surface area (Å²) in [4.78, 5) is 23.0. The van der Waals surface area contributed by atoms with Gasteiger partial charge < -0.3 is 4.74 Å². The summed E-state index contributed by atoms with van der Waals surface area (Å²) in [6, 6.07) is 23.5. The van der Waals surface area contributed by atoms with Crippen molar-refractivity contribution in [3.05, 3.63) is 106 Å². The van der Waals surface area contributed by atoms with Crippen molar-refractivity contribution in [2.75, 3.05) is 0 Å². The summed E-state index contributed by atoms with van der Waals surface area (Å²) in [6.07, 6.45) is 1.75. The molecule has 0 atom stereocenters. The molecule has 6 heteroatoms. The highest BCUT2D eigenvalue weighted by atomic mass is 35.5. The third-order valence-corrected chi connectivity index (χ3v) is 6.45. The second kappa shape index (κ2) is 8.85. The lowest BCUT2D eigenvalue weighted by Crippen LogP contribution is -2.05. The van der Waals surface area contributed by atoms with Crippen LogP contribution in [0.5, 0.6) is 0 Å². The Balaban J connectivity index is 1.59. The third kappa shape index (κ3) is 4.70. The molecule has 1 aliphatic rings. The summed E-state index contributed by atoms with van der Waals surface area (Å²) in [5.41, 5.74) is 4.92. The van der Waals surface area contributed by atoms with Crippen LogP contribution in [0.2, 0.25) is 5.02 Å². The van der Waals surface area contributed by atoms with Gasteiger partial charge in [-0.15, -0.1) is 0 Å². The minimum absolute atomic E-state index is 0.248. The SMILES string of the molecule is Cc1cccc(C2=N/C(=C/c3cc4ccc(C)cc4nc3Sc3ccc(Cl)cc3)C(=O)O2)c1. The smallest absolute Gasteiger partial charge is 0.363 e. The van der Waals surface area contributed by atoms with Crippen molar-refractivity contribution in [2.24, 2.45) is 4.99 Å². The number of ether oxygens (including phenoxy) is 1. The molecule has 0 saturated carbocycles. The van der Waals surface area contributed by atoms with Crippen LogP contribution in [0.15, 0.2) is 93.4 Å². The average molecular weight is 471 g/mol. The first-order chi connectivity index (χ1) is 15.9. The molecular weight excluding hydrogens is 452 g/mol. The van der Waals surface area contributed by atoms with E-state index in [1.165, 1.54) is 11.8 Å². The Morgan fingerprint density at radius 2 is 1.73 bits per heavy atom. The number of aliphatic imine (C=N–C) groups is 1. The first kappa shape index (κ1) is 21.4. The van der Waals surface area contributed by atoms with E-state index in [1.807, 2.05) is 80.6 Å². The van der Waals surface area contributed by atoms with Gasteiger partial charge in [0.25, 0.3) is 0 Å². The summed E-state index contributed by atoms with van der Waals surface area (Å²) in [5.74, 6) is -0.163. The largest absolute Gasteiger partial charge is 0.402 e. The Hall–Kier alpha value is -3.41. The molecule has 1 aliphatic heterocycles. The van der Waals surface area contributed by atoms with E-state index >= 15 is 0 Å². The van der Waals surface area contributed by atoms with E-state index in [-0.39, 0.29) is 5.70 Å². The number of rotatable bonds is 4. The molecule has 0 N–H and O–H groups in total. The lowest BCUT2D eigenvalue weighted by Gasteiger charge is -2.09. The van der Waals surface area contributed by atoms with Crippen molar-refractivity contribution in [3.8, 4) is 0 Å². The Morgan fingerprint density at radius 1 is 0.939 bits per heavy atom. The topological polar surface area (TPSA) is 51.5 Å². The lowest BCUT2D eigenvalue weighted by molar-refractivity contribution is -0.129. The third-order valence-electron chi connectivity index (χ3n) is 5.17. The monoisotopic (exact) mass is 470 g/mol. The van der Waals surface area contributed by atoms with Crippen molar-refractivity contribution in [3.63, 3.8) is 0 Å². The Kier molecular flexibility index (Phi) is 5.75. The number of hydrogen-bond acceptors (Lipinski definition) is 5. The number of aromatic nitrogens is 1. The fourth-order valence-electron chi connectivity index (χ4n) is 3.53. The van der Waals surface area contributed by atoms with Gasteiger partial charge in [0.15, 0.2) is 5.70 Å². The number of halogens is 1. The van der Waals surface area contributed by atoms with Gasteiger partial charge in [-0.05, 0) is 74.0 Å². The van der Waals surface area contributed by atoms with Gasteiger partial charge in [0.2, 0.25) is 5.90 Å². The molecule has 0 saturated heterocycles. The van der Waals surface area contributed by atoms with Gasteiger partial charge in [-0.3, -0.25) is 0 Å². The number of nitrogens with zero attached hydrogens (tertiary/aromatic N) is 2. The van der Waals surface area contributed by atoms with E-state index in [0.29, 0.717) is 10.9 Å². The first-order valence-electron chi connectivity index (χ1n) is 10.4. The molecule has 0 unspecified atom stereocenters. The van der Waals surface area contributed by atoms with Crippen LogP contribution in [0.1, 0.15) is 22.3 Å². The van der Waals surface area contributed by atoms with Crippen molar-refractivity contribution >= 4 is 52.2 Å². The minimum atomic E-state index is -0.474. The average Bonchev–Trinajstić information content (AvgIpc) is 3.16. The van der Waals surface area contributed by atoms with Crippen LogP contribution in [-0.4, -0.2) is 16.9 Å². The zero-order valence-corrected chi connectivity index (χ0v) is 19.6. The van der Waals surface area contributed by atoms with E-state index in [0.717, 1.165) is 43.1 Å². The molecule has 0 spiro atoms. The predicted octanol–water partition coefficient (Wildman–Crippen LogP) is 7.00. The summed E-state index contributed by atoms with van der Waals surface area (Å²) >= 11 is 7.56. The molecule has 162 valence electrons. The molecule has 0 amide bonds. The Labute approximate surface area is 201 Å². The number of pyridine rings is 1. The zero-order chi connectivity index (χ0) is 22.9. The van der Waals surface area contributed by atoms with Crippen LogP contribution >= 0.6 is 23.4 Å². The van der Waals surface area contributed by atoms with E-state index < -0.39 is 5.97 Å². The number of benzene rings is 3. The molecule has 1 aromatic heterocycles.